The number of hydrogen-bond donors (Lipinski definition) is 1. The minimum Gasteiger partial charge on any atom is -0.496 e. The molecule has 0 heterocycles. The quantitative estimate of drug-likeness (QED) is 0.683. The van der Waals surface area contributed by atoms with E-state index in [-0.39, 0.29) is 11.9 Å². The van der Waals surface area contributed by atoms with Gasteiger partial charge in [-0.15, -0.1) is 0 Å². The molecule has 1 amide bonds. The Hall–Kier alpha value is -2.54. The van der Waals surface area contributed by atoms with Gasteiger partial charge in [0.15, 0.2) is 0 Å². The molecule has 1 N–H and O–H groups in total. The maximum atomic E-state index is 13.1. The fraction of sp³-hybridized carbons (Fsp3) is 0.435. The van der Waals surface area contributed by atoms with Gasteiger partial charge in [-0.1, -0.05) is 31.2 Å². The second kappa shape index (κ2) is 9.51. The summed E-state index contributed by atoms with van der Waals surface area (Å²) in [5.41, 5.74) is 4.17. The molecule has 0 radical (unpaired) electrons. The predicted molar refractivity (Wildman–Crippen MR) is 122 cm³/mol. The van der Waals surface area contributed by atoms with Crippen LogP contribution in [0, 0.1) is 20.8 Å². The Morgan fingerprint density at radius 2 is 1.77 bits per heavy atom. The number of hydrogen-bond acceptors (Lipinski definition) is 4. The highest BCUT2D eigenvalue weighted by atomic mass is 32.2. The first-order valence-corrected chi connectivity index (χ1v) is 11.9. The molecule has 0 unspecified atom stereocenters. The van der Waals surface area contributed by atoms with Gasteiger partial charge in [-0.3, -0.25) is 9.10 Å². The van der Waals surface area contributed by atoms with Crippen LogP contribution in [0.5, 0.6) is 5.75 Å². The second-order valence-corrected chi connectivity index (χ2v) is 9.58. The topological polar surface area (TPSA) is 75.7 Å². The van der Waals surface area contributed by atoms with Crippen LogP contribution in [0.4, 0.5) is 5.69 Å². The first kappa shape index (κ1) is 23.7. The summed E-state index contributed by atoms with van der Waals surface area (Å²) < 4.78 is 31.7. The van der Waals surface area contributed by atoms with Gasteiger partial charge in [-0.25, -0.2) is 8.42 Å². The van der Waals surface area contributed by atoms with Gasteiger partial charge in [0.2, 0.25) is 15.9 Å². The maximum absolute atomic E-state index is 13.1. The molecule has 2 aromatic rings. The molecule has 0 aliphatic heterocycles. The second-order valence-electron chi connectivity index (χ2n) is 7.72. The number of nitrogens with zero attached hydrogens (tertiary/aromatic N) is 1. The minimum absolute atomic E-state index is 0.232. The third-order valence-corrected chi connectivity index (χ3v) is 6.46. The molecule has 0 saturated heterocycles. The SMILES string of the molecule is CC[C@@H](NC(=O)[C@H](C)N(c1cc(C)ccc1C)S(C)(=O)=O)c1ccc(OC)c(C)c1. The van der Waals surface area contributed by atoms with Crippen LogP contribution in [-0.4, -0.2) is 33.7 Å². The Kier molecular flexibility index (Phi) is 7.53. The van der Waals surface area contributed by atoms with Crippen molar-refractivity contribution < 1.29 is 17.9 Å². The van der Waals surface area contributed by atoms with Crippen molar-refractivity contribution in [2.45, 2.75) is 53.1 Å². The number of sulfonamides is 1. The Bertz CT molecular complexity index is 1020. The number of carbonyl (C=O) groups is 1. The van der Waals surface area contributed by atoms with Crippen molar-refractivity contribution in [3.8, 4) is 5.75 Å². The number of anilines is 1. The first-order chi connectivity index (χ1) is 14.0. The first-order valence-electron chi connectivity index (χ1n) is 10.0. The normalized spacial score (nSPS) is 13.4. The zero-order valence-electron chi connectivity index (χ0n) is 18.8. The van der Waals surface area contributed by atoms with Crippen molar-refractivity contribution in [1.29, 1.82) is 0 Å². The van der Waals surface area contributed by atoms with E-state index in [4.69, 9.17) is 4.74 Å². The molecule has 30 heavy (non-hydrogen) atoms. The highest BCUT2D eigenvalue weighted by molar-refractivity contribution is 7.92. The summed E-state index contributed by atoms with van der Waals surface area (Å²) in [6.07, 6.45) is 1.80. The molecule has 0 spiro atoms. The van der Waals surface area contributed by atoms with Gasteiger partial charge in [-0.05, 0) is 68.5 Å². The number of carbonyl (C=O) groups excluding carboxylic acids is 1. The molecule has 2 aromatic carbocycles. The van der Waals surface area contributed by atoms with E-state index in [0.29, 0.717) is 12.1 Å². The van der Waals surface area contributed by atoms with Crippen molar-refractivity contribution in [3.05, 3.63) is 58.7 Å². The minimum atomic E-state index is -3.67. The number of nitrogens with one attached hydrogen (secondary N) is 1. The Morgan fingerprint density at radius 3 is 2.30 bits per heavy atom. The number of methoxy groups -OCH3 is 1. The van der Waals surface area contributed by atoms with Gasteiger partial charge in [0.25, 0.3) is 0 Å². The van der Waals surface area contributed by atoms with E-state index >= 15 is 0 Å². The van der Waals surface area contributed by atoms with Crippen molar-refractivity contribution in [2.24, 2.45) is 0 Å². The number of rotatable bonds is 8. The van der Waals surface area contributed by atoms with Gasteiger partial charge in [0.1, 0.15) is 11.8 Å². The molecule has 2 rings (SSSR count). The standard InChI is InChI=1S/C23H32N2O4S/c1-8-20(19-11-12-22(29-6)17(4)14-19)24-23(26)18(5)25(30(7,27)28)21-13-15(2)9-10-16(21)3/h9-14,18,20H,8H2,1-7H3,(H,24,26)/t18-,20+/m0/s1. The number of aryl methyl sites for hydroxylation is 3. The largest absolute Gasteiger partial charge is 0.496 e. The van der Waals surface area contributed by atoms with E-state index in [1.165, 1.54) is 4.31 Å². The van der Waals surface area contributed by atoms with E-state index in [1.54, 1.807) is 20.1 Å². The monoisotopic (exact) mass is 432 g/mol. The van der Waals surface area contributed by atoms with Crippen molar-refractivity contribution in [3.63, 3.8) is 0 Å². The summed E-state index contributed by atoms with van der Waals surface area (Å²) in [7, 11) is -2.05. The van der Waals surface area contributed by atoms with Crippen LogP contribution in [0.3, 0.4) is 0 Å². The van der Waals surface area contributed by atoms with Gasteiger partial charge < -0.3 is 10.1 Å². The smallest absolute Gasteiger partial charge is 0.244 e. The summed E-state index contributed by atoms with van der Waals surface area (Å²) in [5, 5.41) is 3.02. The molecule has 0 aromatic heterocycles. The lowest BCUT2D eigenvalue weighted by Gasteiger charge is -2.31. The average molecular weight is 433 g/mol. The van der Waals surface area contributed by atoms with Crippen LogP contribution in [-0.2, 0) is 14.8 Å². The highest BCUT2D eigenvalue weighted by Gasteiger charge is 2.31. The predicted octanol–water partition coefficient (Wildman–Crippen LogP) is 4.04. The number of ether oxygens (including phenoxy) is 1. The van der Waals surface area contributed by atoms with E-state index < -0.39 is 16.1 Å². The fourth-order valence-electron chi connectivity index (χ4n) is 3.57. The summed E-state index contributed by atoms with van der Waals surface area (Å²) in [6.45, 7) is 9.28. The van der Waals surface area contributed by atoms with Crippen LogP contribution >= 0.6 is 0 Å². The maximum Gasteiger partial charge on any atom is 0.244 e. The van der Waals surface area contributed by atoms with Gasteiger partial charge >= 0.3 is 0 Å². The third kappa shape index (κ3) is 5.33. The van der Waals surface area contributed by atoms with Crippen LogP contribution in [0.2, 0.25) is 0 Å². The zero-order valence-corrected chi connectivity index (χ0v) is 19.6. The molecule has 0 aliphatic carbocycles. The summed E-state index contributed by atoms with van der Waals surface area (Å²) in [4.78, 5) is 13.1. The Balaban J connectivity index is 2.34. The van der Waals surface area contributed by atoms with Crippen molar-refractivity contribution in [1.82, 2.24) is 5.32 Å². The van der Waals surface area contributed by atoms with Crippen molar-refractivity contribution in [2.75, 3.05) is 17.7 Å². The Labute approximate surface area is 180 Å². The lowest BCUT2D eigenvalue weighted by molar-refractivity contribution is -0.122. The summed E-state index contributed by atoms with van der Waals surface area (Å²) >= 11 is 0. The van der Waals surface area contributed by atoms with Crippen LogP contribution < -0.4 is 14.4 Å². The van der Waals surface area contributed by atoms with E-state index in [1.807, 2.05) is 58.0 Å². The molecule has 0 aliphatic rings. The summed E-state index contributed by atoms with van der Waals surface area (Å²) in [5.74, 6) is 0.438. The summed E-state index contributed by atoms with van der Waals surface area (Å²) in [6, 6.07) is 10.2. The van der Waals surface area contributed by atoms with Crippen LogP contribution in [0.25, 0.3) is 0 Å². The molecule has 2 atom stereocenters. The molecule has 0 fully saturated rings. The van der Waals surface area contributed by atoms with Gasteiger partial charge in [0.05, 0.1) is 25.1 Å². The molecule has 0 bridgehead atoms. The third-order valence-electron chi connectivity index (χ3n) is 5.24. The van der Waals surface area contributed by atoms with Crippen LogP contribution in [0.1, 0.15) is 48.6 Å². The average Bonchev–Trinajstić information content (AvgIpc) is 2.67. The van der Waals surface area contributed by atoms with Gasteiger partial charge in [-0.2, -0.15) is 0 Å². The van der Waals surface area contributed by atoms with E-state index in [0.717, 1.165) is 34.3 Å². The van der Waals surface area contributed by atoms with E-state index in [2.05, 4.69) is 5.32 Å². The zero-order chi connectivity index (χ0) is 22.6. The number of benzene rings is 2. The molecule has 164 valence electrons. The molecular weight excluding hydrogens is 400 g/mol. The molecule has 0 saturated carbocycles. The Morgan fingerprint density at radius 1 is 1.10 bits per heavy atom. The lowest BCUT2D eigenvalue weighted by Crippen LogP contribution is -2.48. The molecule has 7 heteroatoms. The fourth-order valence-corrected chi connectivity index (χ4v) is 4.79. The highest BCUT2D eigenvalue weighted by Crippen LogP contribution is 2.28. The number of amides is 1. The van der Waals surface area contributed by atoms with E-state index in [9.17, 15) is 13.2 Å². The van der Waals surface area contributed by atoms with Gasteiger partial charge in [0, 0.05) is 0 Å². The molecule has 6 nitrogen and oxygen atoms in total. The molecular formula is C23H32N2O4S. The van der Waals surface area contributed by atoms with Crippen LogP contribution in [0.15, 0.2) is 36.4 Å². The van der Waals surface area contributed by atoms with Crippen molar-refractivity contribution >= 4 is 21.6 Å². The lowest BCUT2D eigenvalue weighted by atomic mass is 10.0.